The van der Waals surface area contributed by atoms with Crippen molar-refractivity contribution >= 4 is 5.69 Å². The Balaban J connectivity index is 1.55. The normalized spacial score (nSPS) is 24.9. The molecule has 1 atom stereocenters. The van der Waals surface area contributed by atoms with Crippen molar-refractivity contribution in [3.63, 3.8) is 0 Å². The van der Waals surface area contributed by atoms with E-state index in [1.807, 2.05) is 4.90 Å². The molecule has 0 radical (unpaired) electrons. The molecule has 7 heteroatoms. The van der Waals surface area contributed by atoms with Gasteiger partial charge in [-0.2, -0.15) is 13.2 Å². The molecule has 0 aromatic heterocycles. The number of hydrogen-bond acceptors (Lipinski definition) is 3. The van der Waals surface area contributed by atoms with Crippen molar-refractivity contribution in [1.82, 2.24) is 4.90 Å². The Bertz CT molecular complexity index is 512. The van der Waals surface area contributed by atoms with E-state index >= 15 is 0 Å². The number of piperidine rings is 1. The number of anilines is 1. The van der Waals surface area contributed by atoms with Crippen LogP contribution in [0.15, 0.2) is 24.3 Å². The van der Waals surface area contributed by atoms with Gasteiger partial charge in [-0.15, -0.1) is 0 Å². The third kappa shape index (κ3) is 3.95. The molecule has 2 aliphatic heterocycles. The van der Waals surface area contributed by atoms with Crippen LogP contribution in [0.2, 0.25) is 0 Å². The maximum atomic E-state index is 13.0. The smallest absolute Gasteiger partial charge is 0.371 e. The highest BCUT2D eigenvalue weighted by Crippen LogP contribution is 2.29. The van der Waals surface area contributed by atoms with E-state index in [1.165, 1.54) is 12.1 Å². The van der Waals surface area contributed by atoms with Crippen molar-refractivity contribution in [3.05, 3.63) is 30.1 Å². The van der Waals surface area contributed by atoms with Gasteiger partial charge in [-0.25, -0.2) is 4.39 Å². The van der Waals surface area contributed by atoms with Crippen LogP contribution < -0.4 is 4.90 Å². The van der Waals surface area contributed by atoms with Gasteiger partial charge in [0.1, 0.15) is 5.82 Å². The third-order valence-electron chi connectivity index (χ3n) is 4.64. The summed E-state index contributed by atoms with van der Waals surface area (Å²) in [7, 11) is 0. The standard InChI is InChI=1S/C16H20F4N2O/c17-12-1-3-13(4-2-12)21-7-5-14(6-8-21)22-9-10-23-15(11-22)16(18,19)20/h1-4,14-15H,5-11H2/t15-/m1/s1. The maximum absolute atomic E-state index is 13.0. The number of morpholine rings is 1. The number of halogens is 4. The molecule has 2 aliphatic rings. The summed E-state index contributed by atoms with van der Waals surface area (Å²) in [6.07, 6.45) is -4.36. The molecule has 0 N–H and O–H groups in total. The summed E-state index contributed by atoms with van der Waals surface area (Å²) < 4.78 is 56.2. The minimum atomic E-state index is -4.30. The number of ether oxygens (including phenoxy) is 1. The van der Waals surface area contributed by atoms with Gasteiger partial charge in [0.2, 0.25) is 0 Å². The first-order valence-corrected chi connectivity index (χ1v) is 7.86. The van der Waals surface area contributed by atoms with Gasteiger partial charge in [0.05, 0.1) is 6.61 Å². The number of alkyl halides is 3. The fourth-order valence-corrected chi connectivity index (χ4v) is 3.34. The number of rotatable bonds is 2. The maximum Gasteiger partial charge on any atom is 0.415 e. The van der Waals surface area contributed by atoms with Gasteiger partial charge in [0.15, 0.2) is 6.10 Å². The predicted molar refractivity (Wildman–Crippen MR) is 79.0 cm³/mol. The molecule has 0 spiro atoms. The molecule has 128 valence electrons. The molecule has 1 aromatic rings. The summed E-state index contributed by atoms with van der Waals surface area (Å²) in [6, 6.07) is 6.49. The van der Waals surface area contributed by atoms with E-state index in [1.54, 1.807) is 12.1 Å². The van der Waals surface area contributed by atoms with E-state index < -0.39 is 12.3 Å². The summed E-state index contributed by atoms with van der Waals surface area (Å²) >= 11 is 0. The van der Waals surface area contributed by atoms with Gasteiger partial charge in [-0.1, -0.05) is 0 Å². The van der Waals surface area contributed by atoms with Crippen LogP contribution in [0.3, 0.4) is 0 Å². The monoisotopic (exact) mass is 332 g/mol. The van der Waals surface area contributed by atoms with Gasteiger partial charge in [0.25, 0.3) is 0 Å². The minimum Gasteiger partial charge on any atom is -0.371 e. The predicted octanol–water partition coefficient (Wildman–Crippen LogP) is 3.06. The average molecular weight is 332 g/mol. The second kappa shape index (κ2) is 6.65. The van der Waals surface area contributed by atoms with Gasteiger partial charge in [-0.05, 0) is 37.1 Å². The number of benzene rings is 1. The Labute approximate surface area is 132 Å². The summed E-state index contributed by atoms with van der Waals surface area (Å²) in [5.41, 5.74) is 0.958. The van der Waals surface area contributed by atoms with Crippen LogP contribution in [-0.4, -0.2) is 56.0 Å². The summed E-state index contributed by atoms with van der Waals surface area (Å²) in [6.45, 7) is 2.13. The van der Waals surface area contributed by atoms with Crippen LogP contribution in [0.25, 0.3) is 0 Å². The first kappa shape index (κ1) is 16.5. The fraction of sp³-hybridized carbons (Fsp3) is 0.625. The molecular formula is C16H20F4N2O. The van der Waals surface area contributed by atoms with Gasteiger partial charge >= 0.3 is 6.18 Å². The lowest BCUT2D eigenvalue weighted by atomic mass is 10.0. The quantitative estimate of drug-likeness (QED) is 0.774. The minimum absolute atomic E-state index is 0.0787. The van der Waals surface area contributed by atoms with Gasteiger partial charge in [-0.3, -0.25) is 4.90 Å². The first-order chi connectivity index (χ1) is 10.9. The molecule has 2 saturated heterocycles. The molecule has 2 fully saturated rings. The Morgan fingerprint density at radius 2 is 1.65 bits per heavy atom. The van der Waals surface area contributed by atoms with Crippen molar-refractivity contribution in [2.45, 2.75) is 31.2 Å². The van der Waals surface area contributed by atoms with Crippen LogP contribution in [0, 0.1) is 5.82 Å². The lowest BCUT2D eigenvalue weighted by Gasteiger charge is -2.43. The molecule has 3 nitrogen and oxygen atoms in total. The van der Waals surface area contributed by atoms with Crippen LogP contribution in [0.1, 0.15) is 12.8 Å². The zero-order chi connectivity index (χ0) is 16.4. The molecule has 0 aliphatic carbocycles. The van der Waals surface area contributed by atoms with Crippen molar-refractivity contribution in [2.24, 2.45) is 0 Å². The zero-order valence-electron chi connectivity index (χ0n) is 12.7. The first-order valence-electron chi connectivity index (χ1n) is 7.86. The largest absolute Gasteiger partial charge is 0.415 e. The van der Waals surface area contributed by atoms with Crippen molar-refractivity contribution in [2.75, 3.05) is 37.7 Å². The lowest BCUT2D eigenvalue weighted by Crippen LogP contribution is -2.54. The zero-order valence-corrected chi connectivity index (χ0v) is 12.7. The van der Waals surface area contributed by atoms with E-state index in [0.29, 0.717) is 6.54 Å². The van der Waals surface area contributed by atoms with Crippen LogP contribution >= 0.6 is 0 Å². The van der Waals surface area contributed by atoms with E-state index in [4.69, 9.17) is 4.74 Å². The third-order valence-corrected chi connectivity index (χ3v) is 4.64. The summed E-state index contributed by atoms with van der Waals surface area (Å²) in [4.78, 5) is 4.06. The molecule has 3 rings (SSSR count). The number of hydrogen-bond donors (Lipinski definition) is 0. The van der Waals surface area contributed by atoms with Crippen LogP contribution in [0.5, 0.6) is 0 Å². The molecule has 0 saturated carbocycles. The molecule has 1 aromatic carbocycles. The molecule has 2 heterocycles. The topological polar surface area (TPSA) is 15.7 Å². The number of nitrogens with zero attached hydrogens (tertiary/aromatic N) is 2. The average Bonchev–Trinajstić information content (AvgIpc) is 2.55. The Kier molecular flexibility index (Phi) is 4.77. The fourth-order valence-electron chi connectivity index (χ4n) is 3.34. The lowest BCUT2D eigenvalue weighted by molar-refractivity contribution is -0.239. The molecular weight excluding hydrogens is 312 g/mol. The van der Waals surface area contributed by atoms with E-state index in [-0.39, 0.29) is 25.0 Å². The summed E-state index contributed by atoms with van der Waals surface area (Å²) in [5.74, 6) is -0.268. The second-order valence-corrected chi connectivity index (χ2v) is 6.09. The van der Waals surface area contributed by atoms with Gasteiger partial charge < -0.3 is 9.64 Å². The second-order valence-electron chi connectivity index (χ2n) is 6.09. The van der Waals surface area contributed by atoms with Crippen molar-refractivity contribution in [1.29, 1.82) is 0 Å². The van der Waals surface area contributed by atoms with E-state index in [2.05, 4.69) is 4.90 Å². The Morgan fingerprint density at radius 1 is 1.00 bits per heavy atom. The van der Waals surface area contributed by atoms with Crippen LogP contribution in [-0.2, 0) is 4.74 Å². The van der Waals surface area contributed by atoms with Gasteiger partial charge in [0, 0.05) is 37.9 Å². The highest BCUT2D eigenvalue weighted by Gasteiger charge is 2.44. The molecule has 23 heavy (non-hydrogen) atoms. The van der Waals surface area contributed by atoms with Crippen molar-refractivity contribution < 1.29 is 22.3 Å². The Morgan fingerprint density at radius 3 is 2.26 bits per heavy atom. The Hall–Kier alpha value is -1.34. The van der Waals surface area contributed by atoms with Crippen molar-refractivity contribution in [3.8, 4) is 0 Å². The van der Waals surface area contributed by atoms with E-state index in [0.717, 1.165) is 31.6 Å². The molecule has 0 amide bonds. The summed E-state index contributed by atoms with van der Waals surface area (Å²) in [5, 5.41) is 0. The highest BCUT2D eigenvalue weighted by atomic mass is 19.4. The molecule has 0 unspecified atom stereocenters. The SMILES string of the molecule is Fc1ccc(N2CCC(N3CCO[C@@H](C(F)(F)F)C3)CC2)cc1. The molecule has 0 bridgehead atoms. The van der Waals surface area contributed by atoms with E-state index in [9.17, 15) is 17.6 Å². The van der Waals surface area contributed by atoms with Crippen LogP contribution in [0.4, 0.5) is 23.2 Å². The highest BCUT2D eigenvalue weighted by molar-refractivity contribution is 5.46.